The van der Waals surface area contributed by atoms with E-state index in [0.717, 1.165) is 18.5 Å². The smallest absolute Gasteiger partial charge is 0.233 e. The van der Waals surface area contributed by atoms with Gasteiger partial charge in [-0.25, -0.2) is 5.06 Å². The number of carbonyl (C=O) groups excluding carboxylic acids is 1. The number of hydroxylamine groups is 2. The standard InChI is InChI=1S/C13H19ClN2O3/c1-3-4-5-19-13-11(14)6-10(7-12(13)15-2)8-16(18)9-17/h6-7,9,15,18H,3-5,8H2,1-2H3. The van der Waals surface area contributed by atoms with Gasteiger partial charge in [0.25, 0.3) is 0 Å². The lowest BCUT2D eigenvalue weighted by molar-refractivity contribution is -0.152. The molecule has 0 radical (unpaired) electrons. The molecule has 0 aromatic heterocycles. The van der Waals surface area contributed by atoms with Gasteiger partial charge in [-0.2, -0.15) is 0 Å². The summed E-state index contributed by atoms with van der Waals surface area (Å²) in [6.45, 7) is 2.76. The van der Waals surface area contributed by atoms with Crippen molar-refractivity contribution >= 4 is 23.7 Å². The minimum atomic E-state index is 0.0765. The van der Waals surface area contributed by atoms with Gasteiger partial charge in [-0.1, -0.05) is 24.9 Å². The maximum Gasteiger partial charge on any atom is 0.233 e. The Morgan fingerprint density at radius 3 is 2.84 bits per heavy atom. The Balaban J connectivity index is 2.90. The quantitative estimate of drug-likeness (QED) is 0.334. The Kier molecular flexibility index (Phi) is 6.45. The Morgan fingerprint density at radius 1 is 1.53 bits per heavy atom. The van der Waals surface area contributed by atoms with Crippen LogP contribution in [-0.4, -0.2) is 30.3 Å². The second-order valence-corrected chi connectivity index (χ2v) is 4.52. The lowest BCUT2D eigenvalue weighted by atomic mass is 10.2. The summed E-state index contributed by atoms with van der Waals surface area (Å²) in [4.78, 5) is 10.4. The van der Waals surface area contributed by atoms with E-state index in [4.69, 9.17) is 16.3 Å². The second-order valence-electron chi connectivity index (χ2n) is 4.11. The number of amides is 1. The summed E-state index contributed by atoms with van der Waals surface area (Å²) in [5.74, 6) is 0.594. The van der Waals surface area contributed by atoms with Gasteiger partial charge in [0, 0.05) is 7.05 Å². The fourth-order valence-electron chi connectivity index (χ4n) is 1.62. The molecular formula is C13H19ClN2O3. The SMILES string of the molecule is CCCCOc1c(Cl)cc(CN(O)C=O)cc1NC. The first-order valence-electron chi connectivity index (χ1n) is 6.16. The van der Waals surface area contributed by atoms with Crippen LogP contribution in [0.25, 0.3) is 0 Å². The minimum Gasteiger partial charge on any atom is -0.490 e. The van der Waals surface area contributed by atoms with Gasteiger partial charge in [-0.15, -0.1) is 0 Å². The average molecular weight is 287 g/mol. The molecule has 0 aliphatic carbocycles. The van der Waals surface area contributed by atoms with Crippen LogP contribution in [0, 0.1) is 0 Å². The van der Waals surface area contributed by atoms with Crippen molar-refractivity contribution in [1.29, 1.82) is 0 Å². The molecule has 1 aromatic rings. The highest BCUT2D eigenvalue weighted by atomic mass is 35.5. The molecule has 5 nitrogen and oxygen atoms in total. The second kappa shape index (κ2) is 7.86. The van der Waals surface area contributed by atoms with Gasteiger partial charge in [-0.05, 0) is 24.1 Å². The van der Waals surface area contributed by atoms with E-state index in [-0.39, 0.29) is 6.54 Å². The molecule has 1 aromatic carbocycles. The zero-order valence-corrected chi connectivity index (χ0v) is 11.9. The first-order chi connectivity index (χ1) is 9.12. The number of halogens is 1. The fourth-order valence-corrected chi connectivity index (χ4v) is 1.91. The summed E-state index contributed by atoms with van der Waals surface area (Å²) in [7, 11) is 1.76. The largest absolute Gasteiger partial charge is 0.490 e. The molecule has 2 N–H and O–H groups in total. The van der Waals surface area contributed by atoms with Crippen LogP contribution in [-0.2, 0) is 11.3 Å². The fraction of sp³-hybridized carbons (Fsp3) is 0.462. The molecule has 19 heavy (non-hydrogen) atoms. The molecule has 106 valence electrons. The van der Waals surface area contributed by atoms with Gasteiger partial charge in [0.2, 0.25) is 6.41 Å². The molecule has 0 atom stereocenters. The third kappa shape index (κ3) is 4.61. The van der Waals surface area contributed by atoms with E-state index in [1.165, 1.54) is 0 Å². The number of carbonyl (C=O) groups is 1. The van der Waals surface area contributed by atoms with Gasteiger partial charge < -0.3 is 10.1 Å². The van der Waals surface area contributed by atoms with Crippen molar-refractivity contribution in [2.24, 2.45) is 0 Å². The molecular weight excluding hydrogens is 268 g/mol. The van der Waals surface area contributed by atoms with Crippen molar-refractivity contribution in [3.05, 3.63) is 22.7 Å². The number of unbranched alkanes of at least 4 members (excludes halogenated alkanes) is 1. The van der Waals surface area contributed by atoms with E-state index in [2.05, 4.69) is 12.2 Å². The van der Waals surface area contributed by atoms with E-state index < -0.39 is 0 Å². The number of hydrogen-bond donors (Lipinski definition) is 2. The number of nitrogens with one attached hydrogen (secondary N) is 1. The lowest BCUT2D eigenvalue weighted by Crippen LogP contribution is -2.16. The third-order valence-corrected chi connectivity index (χ3v) is 2.86. The monoisotopic (exact) mass is 286 g/mol. The van der Waals surface area contributed by atoms with Crippen LogP contribution in [0.2, 0.25) is 5.02 Å². The summed E-state index contributed by atoms with van der Waals surface area (Å²) in [6, 6.07) is 3.47. The van der Waals surface area contributed by atoms with Gasteiger partial charge in [0.05, 0.1) is 23.9 Å². The normalized spacial score (nSPS) is 10.1. The number of rotatable bonds is 8. The van der Waals surface area contributed by atoms with Crippen molar-refractivity contribution in [1.82, 2.24) is 5.06 Å². The molecule has 0 bridgehead atoms. The van der Waals surface area contributed by atoms with Crippen molar-refractivity contribution in [2.45, 2.75) is 26.3 Å². The lowest BCUT2D eigenvalue weighted by Gasteiger charge is -2.16. The topological polar surface area (TPSA) is 61.8 Å². The van der Waals surface area contributed by atoms with E-state index in [1.807, 2.05) is 0 Å². The van der Waals surface area contributed by atoms with Gasteiger partial charge in [0.15, 0.2) is 5.75 Å². The maximum absolute atomic E-state index is 10.4. The first kappa shape index (κ1) is 15.6. The molecule has 1 amide bonds. The first-order valence-corrected chi connectivity index (χ1v) is 6.54. The highest BCUT2D eigenvalue weighted by Gasteiger charge is 2.11. The Bertz CT molecular complexity index is 427. The molecule has 0 aliphatic heterocycles. The molecule has 0 saturated carbocycles. The third-order valence-electron chi connectivity index (χ3n) is 2.58. The van der Waals surface area contributed by atoms with Crippen molar-refractivity contribution in [3.8, 4) is 5.75 Å². The molecule has 0 spiro atoms. The van der Waals surface area contributed by atoms with Crippen molar-refractivity contribution < 1.29 is 14.7 Å². The Labute approximate surface area is 118 Å². The maximum atomic E-state index is 10.4. The van der Waals surface area contributed by atoms with Crippen LogP contribution in [0.3, 0.4) is 0 Å². The molecule has 0 aliphatic rings. The van der Waals surface area contributed by atoms with Gasteiger partial charge in [-0.3, -0.25) is 10.0 Å². The van der Waals surface area contributed by atoms with Crippen LogP contribution >= 0.6 is 11.6 Å². The number of hydrogen-bond acceptors (Lipinski definition) is 4. The molecule has 0 fully saturated rings. The van der Waals surface area contributed by atoms with Crippen LogP contribution in [0.1, 0.15) is 25.3 Å². The van der Waals surface area contributed by atoms with Crippen LogP contribution in [0.4, 0.5) is 5.69 Å². The molecule has 1 rings (SSSR count). The molecule has 0 unspecified atom stereocenters. The molecule has 0 heterocycles. The number of nitrogens with zero attached hydrogens (tertiary/aromatic N) is 1. The van der Waals surface area contributed by atoms with Gasteiger partial charge in [0.1, 0.15) is 0 Å². The number of anilines is 1. The van der Waals surface area contributed by atoms with Crippen LogP contribution in [0.5, 0.6) is 5.75 Å². The summed E-state index contributed by atoms with van der Waals surface area (Å²) in [5, 5.41) is 13.2. The molecule has 6 heteroatoms. The van der Waals surface area contributed by atoms with E-state index in [1.54, 1.807) is 19.2 Å². The van der Waals surface area contributed by atoms with Crippen molar-refractivity contribution in [3.63, 3.8) is 0 Å². The highest BCUT2D eigenvalue weighted by Crippen LogP contribution is 2.34. The Morgan fingerprint density at radius 2 is 2.26 bits per heavy atom. The summed E-state index contributed by atoms with van der Waals surface area (Å²) in [6.07, 6.45) is 2.35. The van der Waals surface area contributed by atoms with E-state index >= 15 is 0 Å². The Hall–Kier alpha value is -1.46. The van der Waals surface area contributed by atoms with E-state index in [0.29, 0.717) is 34.4 Å². The highest BCUT2D eigenvalue weighted by molar-refractivity contribution is 6.32. The average Bonchev–Trinajstić information content (AvgIpc) is 2.40. The summed E-state index contributed by atoms with van der Waals surface area (Å²) < 4.78 is 5.65. The summed E-state index contributed by atoms with van der Waals surface area (Å²) >= 11 is 6.17. The van der Waals surface area contributed by atoms with Crippen LogP contribution < -0.4 is 10.1 Å². The van der Waals surface area contributed by atoms with Gasteiger partial charge >= 0.3 is 0 Å². The zero-order chi connectivity index (χ0) is 14.3. The number of benzene rings is 1. The minimum absolute atomic E-state index is 0.0765. The predicted octanol–water partition coefficient (Wildman–Crippen LogP) is 2.91. The van der Waals surface area contributed by atoms with Crippen LogP contribution in [0.15, 0.2) is 12.1 Å². The van der Waals surface area contributed by atoms with E-state index in [9.17, 15) is 10.0 Å². The number of ether oxygens (including phenoxy) is 1. The molecule has 0 saturated heterocycles. The predicted molar refractivity (Wildman–Crippen MR) is 74.8 cm³/mol. The zero-order valence-electron chi connectivity index (χ0n) is 11.1. The summed E-state index contributed by atoms with van der Waals surface area (Å²) in [5.41, 5.74) is 1.45. The van der Waals surface area contributed by atoms with Crippen molar-refractivity contribution in [2.75, 3.05) is 19.0 Å².